The number of nitrogens with two attached hydrogens (primary N) is 1. The van der Waals surface area contributed by atoms with Crippen LogP contribution in [0.3, 0.4) is 0 Å². The Morgan fingerprint density at radius 3 is 2.25 bits per heavy atom. The van der Waals surface area contributed by atoms with Crippen LogP contribution in [0.1, 0.15) is 53.4 Å². The SMILES string of the molecule is C=C(C)CC(=O)CCC(CCN)C(C)(C)C. The largest absolute Gasteiger partial charge is 0.330 e. The van der Waals surface area contributed by atoms with E-state index in [0.717, 1.165) is 18.4 Å². The first-order valence-corrected chi connectivity index (χ1v) is 6.13. The second-order valence-corrected chi connectivity index (χ2v) is 5.85. The van der Waals surface area contributed by atoms with Crippen molar-refractivity contribution in [2.45, 2.75) is 53.4 Å². The number of carbonyl (C=O) groups is 1. The summed E-state index contributed by atoms with van der Waals surface area (Å²) in [5, 5.41) is 0. The van der Waals surface area contributed by atoms with Crippen molar-refractivity contribution < 1.29 is 4.79 Å². The monoisotopic (exact) mass is 225 g/mol. The standard InChI is InChI=1S/C14H27NO/c1-11(2)10-13(16)7-6-12(8-9-15)14(3,4)5/h12H,1,6-10,15H2,2-5H3. The maximum atomic E-state index is 11.6. The van der Waals surface area contributed by atoms with E-state index < -0.39 is 0 Å². The molecule has 2 heteroatoms. The quantitative estimate of drug-likeness (QED) is 0.675. The molecule has 0 aromatic carbocycles. The summed E-state index contributed by atoms with van der Waals surface area (Å²) >= 11 is 0. The molecule has 0 heterocycles. The van der Waals surface area contributed by atoms with E-state index in [4.69, 9.17) is 5.73 Å². The average molecular weight is 225 g/mol. The molecule has 0 fully saturated rings. The van der Waals surface area contributed by atoms with Crippen molar-refractivity contribution in [2.24, 2.45) is 17.1 Å². The van der Waals surface area contributed by atoms with E-state index in [1.54, 1.807) is 0 Å². The van der Waals surface area contributed by atoms with Gasteiger partial charge in [-0.3, -0.25) is 4.79 Å². The minimum Gasteiger partial charge on any atom is -0.330 e. The molecule has 0 spiro atoms. The third-order valence-corrected chi connectivity index (χ3v) is 3.01. The van der Waals surface area contributed by atoms with E-state index in [1.807, 2.05) is 6.92 Å². The number of hydrogen-bond acceptors (Lipinski definition) is 2. The van der Waals surface area contributed by atoms with Gasteiger partial charge in [-0.15, -0.1) is 0 Å². The first-order chi connectivity index (χ1) is 7.27. The molecule has 0 saturated carbocycles. The average Bonchev–Trinajstić information content (AvgIpc) is 2.08. The number of carbonyl (C=O) groups excluding carboxylic acids is 1. The van der Waals surface area contributed by atoms with Gasteiger partial charge in [0.1, 0.15) is 5.78 Å². The van der Waals surface area contributed by atoms with Gasteiger partial charge in [0.15, 0.2) is 0 Å². The smallest absolute Gasteiger partial charge is 0.136 e. The highest BCUT2D eigenvalue weighted by molar-refractivity contribution is 5.80. The van der Waals surface area contributed by atoms with Crippen LogP contribution in [0.15, 0.2) is 12.2 Å². The lowest BCUT2D eigenvalue weighted by Crippen LogP contribution is -2.24. The Hall–Kier alpha value is -0.630. The van der Waals surface area contributed by atoms with Gasteiger partial charge in [0.05, 0.1) is 0 Å². The van der Waals surface area contributed by atoms with Crippen LogP contribution in [0.2, 0.25) is 0 Å². The van der Waals surface area contributed by atoms with E-state index in [0.29, 0.717) is 31.1 Å². The highest BCUT2D eigenvalue weighted by Crippen LogP contribution is 2.32. The fourth-order valence-electron chi connectivity index (χ4n) is 1.97. The summed E-state index contributed by atoms with van der Waals surface area (Å²) in [6.07, 6.45) is 3.14. The van der Waals surface area contributed by atoms with E-state index >= 15 is 0 Å². The zero-order valence-corrected chi connectivity index (χ0v) is 11.3. The van der Waals surface area contributed by atoms with Crippen LogP contribution in [0.25, 0.3) is 0 Å². The van der Waals surface area contributed by atoms with E-state index in [-0.39, 0.29) is 5.41 Å². The Morgan fingerprint density at radius 2 is 1.88 bits per heavy atom. The normalized spacial score (nSPS) is 13.6. The molecule has 0 bridgehead atoms. The molecule has 0 saturated heterocycles. The van der Waals surface area contributed by atoms with Gasteiger partial charge in [-0.2, -0.15) is 0 Å². The second-order valence-electron chi connectivity index (χ2n) is 5.85. The molecule has 0 aliphatic heterocycles. The van der Waals surface area contributed by atoms with Gasteiger partial charge in [-0.1, -0.05) is 32.9 Å². The van der Waals surface area contributed by atoms with Crippen molar-refractivity contribution in [2.75, 3.05) is 6.54 Å². The Bertz CT molecular complexity index is 238. The molecule has 16 heavy (non-hydrogen) atoms. The molecule has 0 aliphatic rings. The Labute approximate surface area is 100 Å². The van der Waals surface area contributed by atoms with Crippen molar-refractivity contribution in [3.8, 4) is 0 Å². The number of Topliss-reactive ketones (excluding diaryl/α,β-unsaturated/α-hetero) is 1. The van der Waals surface area contributed by atoms with E-state index in [9.17, 15) is 4.79 Å². The summed E-state index contributed by atoms with van der Waals surface area (Å²) in [6.45, 7) is 13.0. The predicted molar refractivity (Wildman–Crippen MR) is 70.3 cm³/mol. The van der Waals surface area contributed by atoms with Crippen LogP contribution in [-0.2, 0) is 4.79 Å². The van der Waals surface area contributed by atoms with Crippen molar-refractivity contribution in [1.82, 2.24) is 0 Å². The zero-order chi connectivity index (χ0) is 12.8. The lowest BCUT2D eigenvalue weighted by molar-refractivity contribution is -0.118. The van der Waals surface area contributed by atoms with Gasteiger partial charge >= 0.3 is 0 Å². The zero-order valence-electron chi connectivity index (χ0n) is 11.3. The molecule has 1 atom stereocenters. The van der Waals surface area contributed by atoms with E-state index in [2.05, 4.69) is 27.4 Å². The van der Waals surface area contributed by atoms with Crippen molar-refractivity contribution in [1.29, 1.82) is 0 Å². The van der Waals surface area contributed by atoms with Crippen molar-refractivity contribution >= 4 is 5.78 Å². The van der Waals surface area contributed by atoms with Crippen LogP contribution in [0, 0.1) is 11.3 Å². The molecular weight excluding hydrogens is 198 g/mol. The molecule has 0 aromatic rings. The van der Waals surface area contributed by atoms with Crippen LogP contribution < -0.4 is 5.73 Å². The van der Waals surface area contributed by atoms with Gasteiger partial charge < -0.3 is 5.73 Å². The third kappa shape index (κ3) is 6.78. The molecule has 1 unspecified atom stereocenters. The molecule has 0 rings (SSSR count). The highest BCUT2D eigenvalue weighted by atomic mass is 16.1. The summed E-state index contributed by atoms with van der Waals surface area (Å²) < 4.78 is 0. The fourth-order valence-corrected chi connectivity index (χ4v) is 1.97. The molecule has 0 amide bonds. The Morgan fingerprint density at radius 1 is 1.31 bits per heavy atom. The number of allylic oxidation sites excluding steroid dienone is 1. The molecule has 0 aliphatic carbocycles. The van der Waals surface area contributed by atoms with Gasteiger partial charge in [0.25, 0.3) is 0 Å². The molecule has 0 aromatic heterocycles. The predicted octanol–water partition coefficient (Wildman–Crippen LogP) is 3.31. The number of hydrogen-bond donors (Lipinski definition) is 1. The number of ketones is 1. The van der Waals surface area contributed by atoms with E-state index in [1.165, 1.54) is 0 Å². The minimum absolute atomic E-state index is 0.239. The van der Waals surface area contributed by atoms with Gasteiger partial charge in [-0.25, -0.2) is 0 Å². The molecule has 94 valence electrons. The van der Waals surface area contributed by atoms with Crippen molar-refractivity contribution in [3.63, 3.8) is 0 Å². The minimum atomic E-state index is 0.239. The van der Waals surface area contributed by atoms with Gasteiger partial charge in [0, 0.05) is 12.8 Å². The number of rotatable bonds is 7. The molecular formula is C14H27NO. The molecule has 2 nitrogen and oxygen atoms in total. The first kappa shape index (κ1) is 15.4. The Kier molecular flexibility index (Phi) is 6.58. The van der Waals surface area contributed by atoms with Crippen molar-refractivity contribution in [3.05, 3.63) is 12.2 Å². The van der Waals surface area contributed by atoms with Gasteiger partial charge in [0.2, 0.25) is 0 Å². The summed E-state index contributed by atoms with van der Waals surface area (Å²) in [5.41, 5.74) is 6.81. The lowest BCUT2D eigenvalue weighted by Gasteiger charge is -2.30. The maximum absolute atomic E-state index is 11.6. The molecule has 0 radical (unpaired) electrons. The highest BCUT2D eigenvalue weighted by Gasteiger charge is 2.24. The Balaban J connectivity index is 4.12. The summed E-state index contributed by atoms with van der Waals surface area (Å²) in [5.74, 6) is 0.838. The lowest BCUT2D eigenvalue weighted by atomic mass is 9.76. The summed E-state index contributed by atoms with van der Waals surface area (Å²) in [7, 11) is 0. The van der Waals surface area contributed by atoms with Crippen LogP contribution >= 0.6 is 0 Å². The third-order valence-electron chi connectivity index (χ3n) is 3.01. The first-order valence-electron chi connectivity index (χ1n) is 6.13. The van der Waals surface area contributed by atoms with Crippen LogP contribution in [0.4, 0.5) is 0 Å². The maximum Gasteiger partial charge on any atom is 0.136 e. The summed E-state index contributed by atoms with van der Waals surface area (Å²) in [6, 6.07) is 0. The van der Waals surface area contributed by atoms with Gasteiger partial charge in [-0.05, 0) is 37.6 Å². The van der Waals surface area contributed by atoms with Crippen LogP contribution in [0.5, 0.6) is 0 Å². The fraction of sp³-hybridized carbons (Fsp3) is 0.786. The second kappa shape index (κ2) is 6.85. The summed E-state index contributed by atoms with van der Waals surface area (Å²) in [4.78, 5) is 11.6. The topological polar surface area (TPSA) is 43.1 Å². The van der Waals surface area contributed by atoms with Crippen LogP contribution in [-0.4, -0.2) is 12.3 Å². The molecule has 2 N–H and O–H groups in total.